The molecule has 1 N–H and O–H groups in total. The summed E-state index contributed by atoms with van der Waals surface area (Å²) in [6.45, 7) is 3.58. The van der Waals surface area contributed by atoms with Gasteiger partial charge in [0, 0.05) is 27.2 Å². The minimum absolute atomic E-state index is 0.308. The van der Waals surface area contributed by atoms with Gasteiger partial charge < -0.3 is 5.11 Å². The molecule has 0 saturated heterocycles. The molecule has 5 heteroatoms. The van der Waals surface area contributed by atoms with E-state index in [9.17, 15) is 5.11 Å². The molecule has 0 aliphatic heterocycles. The van der Waals surface area contributed by atoms with Gasteiger partial charge in [0.1, 0.15) is 0 Å². The number of hydrogen-bond donors (Lipinski definition) is 1. The Morgan fingerprint density at radius 3 is 2.08 bits per heavy atom. The van der Waals surface area contributed by atoms with Crippen LogP contribution in [0.3, 0.4) is 0 Å². The van der Waals surface area contributed by atoms with Crippen LogP contribution in [0.25, 0.3) is 0 Å². The van der Waals surface area contributed by atoms with Crippen molar-refractivity contribution in [1.29, 1.82) is 0 Å². The summed E-state index contributed by atoms with van der Waals surface area (Å²) in [4.78, 5) is 2.64. The average molecular weight is 423 g/mol. The molecule has 140 valence electrons. The molecule has 0 aliphatic carbocycles. The summed E-state index contributed by atoms with van der Waals surface area (Å²) < 4.78 is 0. The van der Waals surface area contributed by atoms with Crippen molar-refractivity contribution < 1.29 is 5.11 Å². The van der Waals surface area contributed by atoms with E-state index in [1.54, 1.807) is 0 Å². The van der Waals surface area contributed by atoms with E-state index in [1.165, 1.54) is 22.6 Å². The van der Waals surface area contributed by atoms with E-state index < -0.39 is 0 Å². The molecule has 0 spiro atoms. The molecule has 0 aromatic heterocycles. The van der Waals surface area contributed by atoms with Gasteiger partial charge in [-0.3, -0.25) is 0 Å². The molecule has 0 heterocycles. The standard InChI is InChI=1S/C21H26OS4/c1-18(22)10-8-9-15-21(26-25-20-13-6-3-7-14-20)16-17-23-24-19-11-4-2-5-12-19/h2-7,11-14,21-22H,1,8-10,15-17H2. The molecular weight excluding hydrogens is 396 g/mol. The van der Waals surface area contributed by atoms with Gasteiger partial charge in [-0.15, -0.1) is 0 Å². The van der Waals surface area contributed by atoms with Gasteiger partial charge in [-0.2, -0.15) is 0 Å². The number of aliphatic hydroxyl groups is 1. The fraction of sp³-hybridized carbons (Fsp3) is 0.333. The molecule has 0 fully saturated rings. The van der Waals surface area contributed by atoms with Crippen LogP contribution in [0.1, 0.15) is 32.1 Å². The zero-order chi connectivity index (χ0) is 18.5. The molecule has 0 radical (unpaired) electrons. The lowest BCUT2D eigenvalue weighted by molar-refractivity contribution is 0.383. The third kappa shape index (κ3) is 9.91. The minimum atomic E-state index is 0.308. The smallest absolute Gasteiger partial charge is 0.0851 e. The van der Waals surface area contributed by atoms with Crippen molar-refractivity contribution in [2.75, 3.05) is 5.75 Å². The van der Waals surface area contributed by atoms with E-state index in [4.69, 9.17) is 0 Å². The quantitative estimate of drug-likeness (QED) is 0.198. The predicted octanol–water partition coefficient (Wildman–Crippen LogP) is 8.26. The van der Waals surface area contributed by atoms with Crippen molar-refractivity contribution in [2.45, 2.75) is 47.1 Å². The first-order chi connectivity index (χ1) is 12.7. The molecule has 0 bridgehead atoms. The average Bonchev–Trinajstić information content (AvgIpc) is 2.67. The zero-order valence-electron chi connectivity index (χ0n) is 14.9. The maximum Gasteiger partial charge on any atom is 0.0851 e. The number of allylic oxidation sites excluding steroid dienone is 1. The highest BCUT2D eigenvalue weighted by molar-refractivity contribution is 8.77. The van der Waals surface area contributed by atoms with Crippen LogP contribution in [0.2, 0.25) is 0 Å². The van der Waals surface area contributed by atoms with Crippen LogP contribution in [0.15, 0.2) is 82.8 Å². The maximum absolute atomic E-state index is 9.24. The van der Waals surface area contributed by atoms with Gasteiger partial charge >= 0.3 is 0 Å². The van der Waals surface area contributed by atoms with Crippen molar-refractivity contribution in [3.8, 4) is 0 Å². The first kappa shape index (κ1) is 21.7. The van der Waals surface area contributed by atoms with Gasteiger partial charge in [0.25, 0.3) is 0 Å². The normalized spacial score (nSPS) is 12.0. The number of benzene rings is 2. The number of aliphatic hydroxyl groups excluding tert-OH is 1. The van der Waals surface area contributed by atoms with Crippen LogP contribution in [-0.2, 0) is 0 Å². The van der Waals surface area contributed by atoms with Gasteiger partial charge in [0.15, 0.2) is 0 Å². The number of rotatable bonds is 13. The Bertz CT molecular complexity index is 618. The summed E-state index contributed by atoms with van der Waals surface area (Å²) >= 11 is 0. The van der Waals surface area contributed by atoms with Crippen molar-refractivity contribution in [1.82, 2.24) is 0 Å². The molecule has 1 atom stereocenters. The van der Waals surface area contributed by atoms with Gasteiger partial charge in [0.05, 0.1) is 5.76 Å². The second-order valence-electron chi connectivity index (χ2n) is 5.93. The van der Waals surface area contributed by atoms with Crippen LogP contribution in [0.4, 0.5) is 0 Å². The lowest BCUT2D eigenvalue weighted by Crippen LogP contribution is -2.03. The number of hydrogen-bond acceptors (Lipinski definition) is 5. The molecule has 26 heavy (non-hydrogen) atoms. The van der Waals surface area contributed by atoms with Crippen LogP contribution < -0.4 is 0 Å². The van der Waals surface area contributed by atoms with Crippen molar-refractivity contribution in [3.63, 3.8) is 0 Å². The Hall–Kier alpha value is -0.620. The summed E-state index contributed by atoms with van der Waals surface area (Å²) in [7, 11) is 7.68. The topological polar surface area (TPSA) is 20.2 Å². The Balaban J connectivity index is 1.72. The molecule has 2 aromatic carbocycles. The molecule has 1 nitrogen and oxygen atoms in total. The second kappa shape index (κ2) is 13.5. The SMILES string of the molecule is C=C(O)CCCCC(CCSSc1ccccc1)SSc1ccccc1. The largest absolute Gasteiger partial charge is 0.513 e. The van der Waals surface area contributed by atoms with E-state index in [-0.39, 0.29) is 0 Å². The lowest BCUT2D eigenvalue weighted by atomic mass is 10.1. The summed E-state index contributed by atoms with van der Waals surface area (Å²) in [6, 6.07) is 21.2. The van der Waals surface area contributed by atoms with Crippen LogP contribution in [0.5, 0.6) is 0 Å². The first-order valence-corrected chi connectivity index (χ1v) is 13.4. The zero-order valence-corrected chi connectivity index (χ0v) is 18.1. The summed E-state index contributed by atoms with van der Waals surface area (Å²) in [5, 5.41) is 9.88. The fourth-order valence-electron chi connectivity index (χ4n) is 2.31. The molecular formula is C21H26OS4. The van der Waals surface area contributed by atoms with Crippen molar-refractivity contribution in [2.24, 2.45) is 0 Å². The van der Waals surface area contributed by atoms with Crippen LogP contribution >= 0.6 is 43.2 Å². The molecule has 0 amide bonds. The third-order valence-corrected chi connectivity index (χ3v) is 9.09. The highest BCUT2D eigenvalue weighted by Crippen LogP contribution is 2.39. The van der Waals surface area contributed by atoms with E-state index >= 15 is 0 Å². The molecule has 2 rings (SSSR count). The minimum Gasteiger partial charge on any atom is -0.513 e. The third-order valence-electron chi connectivity index (χ3n) is 3.69. The van der Waals surface area contributed by atoms with E-state index in [0.717, 1.165) is 25.0 Å². The van der Waals surface area contributed by atoms with E-state index in [0.29, 0.717) is 11.0 Å². The Kier molecular flexibility index (Phi) is 11.3. The number of unbranched alkanes of at least 4 members (excludes halogenated alkanes) is 1. The van der Waals surface area contributed by atoms with Crippen molar-refractivity contribution in [3.05, 3.63) is 73.0 Å². The van der Waals surface area contributed by atoms with E-state index in [2.05, 4.69) is 67.2 Å². The summed E-state index contributed by atoms with van der Waals surface area (Å²) in [5.41, 5.74) is 0. The molecule has 2 aromatic rings. The van der Waals surface area contributed by atoms with Crippen LogP contribution in [-0.4, -0.2) is 16.1 Å². The summed E-state index contributed by atoms with van der Waals surface area (Å²) in [5.74, 6) is 1.46. The van der Waals surface area contributed by atoms with Gasteiger partial charge in [-0.05, 0) is 43.5 Å². The Labute approximate surface area is 173 Å². The second-order valence-corrected chi connectivity index (χ2v) is 11.0. The summed E-state index contributed by atoms with van der Waals surface area (Å²) in [6.07, 6.45) is 5.28. The maximum atomic E-state index is 9.24. The van der Waals surface area contributed by atoms with Gasteiger partial charge in [-0.1, -0.05) is 92.6 Å². The van der Waals surface area contributed by atoms with Crippen LogP contribution in [0, 0.1) is 0 Å². The van der Waals surface area contributed by atoms with Crippen molar-refractivity contribution >= 4 is 43.2 Å². The molecule has 0 saturated carbocycles. The highest BCUT2D eigenvalue weighted by atomic mass is 33.1. The van der Waals surface area contributed by atoms with Gasteiger partial charge in [-0.25, -0.2) is 0 Å². The monoisotopic (exact) mass is 422 g/mol. The Morgan fingerprint density at radius 1 is 0.846 bits per heavy atom. The highest BCUT2D eigenvalue weighted by Gasteiger charge is 2.11. The molecule has 0 aliphatic rings. The Morgan fingerprint density at radius 2 is 1.46 bits per heavy atom. The first-order valence-electron chi connectivity index (χ1n) is 8.83. The lowest BCUT2D eigenvalue weighted by Gasteiger charge is -2.15. The predicted molar refractivity (Wildman–Crippen MR) is 123 cm³/mol. The molecule has 1 unspecified atom stereocenters. The fourth-order valence-corrected chi connectivity index (χ4v) is 7.25. The van der Waals surface area contributed by atoms with E-state index in [1.807, 2.05) is 43.2 Å². The van der Waals surface area contributed by atoms with Gasteiger partial charge in [0.2, 0.25) is 0 Å².